The molecule has 0 amide bonds. The maximum Gasteiger partial charge on any atom is 0.180 e. The van der Waals surface area contributed by atoms with E-state index in [1.165, 1.54) is 27.9 Å². The van der Waals surface area contributed by atoms with Gasteiger partial charge in [-0.1, -0.05) is 103 Å². The summed E-state index contributed by atoms with van der Waals surface area (Å²) in [5.74, 6) is 0. The van der Waals surface area contributed by atoms with Crippen molar-refractivity contribution in [2.75, 3.05) is 0 Å². The number of rotatable bonds is 0. The third-order valence-electron chi connectivity index (χ3n) is 8.02. The van der Waals surface area contributed by atoms with Gasteiger partial charge in [-0.05, 0) is 50.5 Å². The molecule has 0 unspecified atom stereocenters. The summed E-state index contributed by atoms with van der Waals surface area (Å²) < 4.78 is 4.96. The lowest BCUT2D eigenvalue weighted by Crippen LogP contribution is -1.76. The molecule has 0 spiro atoms. The SMILES string of the molecule is c1ccc2[nH]cnc2c1.c1ccc2[nH]ncc2c1.c1ccc2c[nH]cc2c1.c1ccc2cocc2c1.c1ccc2cscc2c1.c1ncc2[nH]cnc2n1. The average Bonchev–Trinajstić information content (AvgIpc) is 4.09. The molecule has 264 valence electrons. The van der Waals surface area contributed by atoms with Crippen LogP contribution < -0.4 is 0 Å². The zero-order chi connectivity index (χ0) is 36.6. The van der Waals surface area contributed by atoms with Crippen molar-refractivity contribution in [3.63, 3.8) is 0 Å². The van der Waals surface area contributed by atoms with Gasteiger partial charge in [-0.25, -0.2) is 19.9 Å². The molecular formula is C43H35N9OS. The minimum Gasteiger partial charge on any atom is -0.471 e. The van der Waals surface area contributed by atoms with E-state index in [4.69, 9.17) is 4.42 Å². The van der Waals surface area contributed by atoms with E-state index in [1.807, 2.05) is 104 Å². The van der Waals surface area contributed by atoms with Crippen LogP contribution in [0.2, 0.25) is 0 Å². The first kappa shape index (κ1) is 35.1. The number of nitrogens with one attached hydrogen (secondary N) is 4. The molecule has 10 nitrogen and oxygen atoms in total. The fourth-order valence-corrected chi connectivity index (χ4v) is 6.05. The molecule has 12 rings (SSSR count). The predicted molar refractivity (Wildman–Crippen MR) is 220 cm³/mol. The zero-order valence-corrected chi connectivity index (χ0v) is 29.8. The molecule has 7 aromatic heterocycles. The van der Waals surface area contributed by atoms with Gasteiger partial charge >= 0.3 is 0 Å². The summed E-state index contributed by atoms with van der Waals surface area (Å²) in [5.41, 5.74) is 4.80. The number of aromatic nitrogens is 9. The van der Waals surface area contributed by atoms with Gasteiger partial charge in [-0.15, -0.1) is 0 Å². The summed E-state index contributed by atoms with van der Waals surface area (Å²) in [4.78, 5) is 24.6. The summed E-state index contributed by atoms with van der Waals surface area (Å²) in [7, 11) is 0. The summed E-state index contributed by atoms with van der Waals surface area (Å²) in [6, 6.07) is 40.6. The van der Waals surface area contributed by atoms with Crippen LogP contribution in [-0.2, 0) is 0 Å². The Morgan fingerprint density at radius 1 is 0.481 bits per heavy atom. The van der Waals surface area contributed by atoms with E-state index in [0.29, 0.717) is 5.65 Å². The van der Waals surface area contributed by atoms with Crippen LogP contribution in [0, 0.1) is 0 Å². The van der Waals surface area contributed by atoms with E-state index in [-0.39, 0.29) is 0 Å². The number of hydrogen-bond donors (Lipinski definition) is 4. The monoisotopic (exact) mass is 725 g/mol. The summed E-state index contributed by atoms with van der Waals surface area (Å²) >= 11 is 1.75. The molecule has 0 saturated carbocycles. The molecule has 7 heterocycles. The number of fused-ring (bicyclic) bond motifs is 6. The Morgan fingerprint density at radius 3 is 1.69 bits per heavy atom. The molecule has 0 aliphatic carbocycles. The molecule has 0 fully saturated rings. The molecule has 54 heavy (non-hydrogen) atoms. The highest BCUT2D eigenvalue weighted by atomic mass is 32.1. The van der Waals surface area contributed by atoms with Crippen molar-refractivity contribution in [2.24, 2.45) is 0 Å². The van der Waals surface area contributed by atoms with Crippen LogP contribution >= 0.6 is 11.3 Å². The number of para-hydroxylation sites is 3. The Bertz CT molecular complexity index is 2200. The van der Waals surface area contributed by atoms with Gasteiger partial charge in [-0.2, -0.15) is 16.4 Å². The highest BCUT2D eigenvalue weighted by molar-refractivity contribution is 7.09. The van der Waals surface area contributed by atoms with Crippen molar-refractivity contribution in [1.29, 1.82) is 0 Å². The summed E-state index contributed by atoms with van der Waals surface area (Å²) in [6.45, 7) is 0. The lowest BCUT2D eigenvalue weighted by molar-refractivity contribution is 0.572. The van der Waals surface area contributed by atoms with Crippen molar-refractivity contribution in [3.8, 4) is 0 Å². The molecule has 0 bridgehead atoms. The third-order valence-corrected chi connectivity index (χ3v) is 8.80. The topological polar surface area (TPSA) is 141 Å². The quantitative estimate of drug-likeness (QED) is 0.123. The number of H-pyrrole nitrogens is 4. The maximum atomic E-state index is 4.96. The van der Waals surface area contributed by atoms with Gasteiger partial charge in [0.1, 0.15) is 11.8 Å². The molecule has 4 N–H and O–H groups in total. The van der Waals surface area contributed by atoms with Crippen molar-refractivity contribution >= 4 is 76.8 Å². The highest BCUT2D eigenvalue weighted by Gasteiger charge is 1.93. The van der Waals surface area contributed by atoms with Gasteiger partial charge in [0.2, 0.25) is 0 Å². The van der Waals surface area contributed by atoms with Crippen LogP contribution in [0.1, 0.15) is 0 Å². The Labute approximate surface area is 313 Å². The van der Waals surface area contributed by atoms with Crippen molar-refractivity contribution < 1.29 is 4.42 Å². The molecule has 11 heteroatoms. The number of aromatic amines is 4. The minimum atomic E-state index is 0.713. The van der Waals surface area contributed by atoms with Gasteiger partial charge < -0.3 is 19.4 Å². The predicted octanol–water partition coefficient (Wildman–Crippen LogP) is 11.0. The number of thiophene rings is 1. The Morgan fingerprint density at radius 2 is 1.04 bits per heavy atom. The second kappa shape index (κ2) is 18.2. The minimum absolute atomic E-state index is 0.713. The largest absolute Gasteiger partial charge is 0.471 e. The van der Waals surface area contributed by atoms with Crippen LogP contribution in [0.4, 0.5) is 0 Å². The van der Waals surface area contributed by atoms with E-state index < -0.39 is 0 Å². The number of imidazole rings is 2. The van der Waals surface area contributed by atoms with Crippen molar-refractivity contribution in [2.45, 2.75) is 0 Å². The molecule has 12 aromatic rings. The molecule has 0 saturated heterocycles. The normalized spacial score (nSPS) is 10.2. The standard InChI is InChI=1S/C8H7N.C8H6O.C8H6S.2C7H6N2.C5H4N4/c3*1-2-4-8-6-9-5-7(8)3-1;1-2-4-7-6(3-1)8-5-9-7;1-2-4-7-6(3-1)5-8-9-7;1-4-5(8-2-6-1)9-3-7-4/h1-6,9H;2*1-6H;2*1-5H,(H,8,9);1-3H,(H,6,7,8,9). The number of nitrogens with zero attached hydrogens (tertiary/aromatic N) is 5. The zero-order valence-electron chi connectivity index (χ0n) is 29.0. The van der Waals surface area contributed by atoms with Crippen molar-refractivity contribution in [3.05, 3.63) is 188 Å². The fourth-order valence-electron chi connectivity index (χ4n) is 5.26. The molecule has 5 aromatic carbocycles. The first-order valence-corrected chi connectivity index (χ1v) is 17.9. The van der Waals surface area contributed by atoms with Gasteiger partial charge in [0, 0.05) is 28.6 Å². The van der Waals surface area contributed by atoms with Crippen LogP contribution in [0.25, 0.3) is 65.4 Å². The lowest BCUT2D eigenvalue weighted by atomic mass is 10.2. The first-order valence-electron chi connectivity index (χ1n) is 17.0. The van der Waals surface area contributed by atoms with Gasteiger partial charge in [0.15, 0.2) is 5.65 Å². The van der Waals surface area contributed by atoms with Crippen LogP contribution in [0.3, 0.4) is 0 Å². The van der Waals surface area contributed by atoms with E-state index in [2.05, 4.69) is 92.2 Å². The van der Waals surface area contributed by atoms with E-state index in [0.717, 1.165) is 38.2 Å². The molecule has 0 aliphatic rings. The highest BCUT2D eigenvalue weighted by Crippen LogP contribution is 2.17. The molecule has 0 aliphatic heterocycles. The van der Waals surface area contributed by atoms with Gasteiger partial charge in [0.25, 0.3) is 0 Å². The van der Waals surface area contributed by atoms with E-state index in [9.17, 15) is 0 Å². The molecule has 0 radical (unpaired) electrons. The first-order chi connectivity index (χ1) is 26.8. The van der Waals surface area contributed by atoms with Gasteiger partial charge in [-0.3, -0.25) is 5.10 Å². The molecular weight excluding hydrogens is 691 g/mol. The number of furan rings is 1. The van der Waals surface area contributed by atoms with E-state index >= 15 is 0 Å². The van der Waals surface area contributed by atoms with Gasteiger partial charge in [0.05, 0.1) is 54.1 Å². The Balaban J connectivity index is 0.0000001000. The summed E-state index contributed by atoms with van der Waals surface area (Å²) in [5, 5.41) is 19.8. The number of hydrogen-bond acceptors (Lipinski definition) is 7. The summed E-state index contributed by atoms with van der Waals surface area (Å²) in [6.07, 6.45) is 15.8. The second-order valence-electron chi connectivity index (χ2n) is 11.6. The third kappa shape index (κ3) is 9.49. The fraction of sp³-hybridized carbons (Fsp3) is 0. The van der Waals surface area contributed by atoms with Crippen LogP contribution in [-0.4, -0.2) is 45.1 Å². The average molecular weight is 726 g/mol. The molecule has 0 atom stereocenters. The van der Waals surface area contributed by atoms with Crippen molar-refractivity contribution in [1.82, 2.24) is 45.1 Å². The Kier molecular flexibility index (Phi) is 11.8. The smallest absolute Gasteiger partial charge is 0.180 e. The Hall–Kier alpha value is -7.37. The second-order valence-corrected chi connectivity index (χ2v) is 12.4. The van der Waals surface area contributed by atoms with Crippen LogP contribution in [0.15, 0.2) is 193 Å². The maximum absolute atomic E-state index is 4.96. The lowest BCUT2D eigenvalue weighted by Gasteiger charge is -1.82. The number of benzene rings is 5. The van der Waals surface area contributed by atoms with Crippen LogP contribution in [0.5, 0.6) is 0 Å². The van der Waals surface area contributed by atoms with E-state index in [1.54, 1.807) is 42.7 Å².